The number of sulfonamides is 1. The predicted octanol–water partition coefficient (Wildman–Crippen LogP) is 1.31. The summed E-state index contributed by atoms with van der Waals surface area (Å²) in [6.07, 6.45) is 0.906. The number of piperidine rings is 1. The quantitative estimate of drug-likeness (QED) is 0.909. The van der Waals surface area contributed by atoms with E-state index < -0.39 is 32.6 Å². The van der Waals surface area contributed by atoms with Gasteiger partial charge in [0.15, 0.2) is 0 Å². The van der Waals surface area contributed by atoms with Crippen LogP contribution in [0.2, 0.25) is 0 Å². The van der Waals surface area contributed by atoms with Crippen LogP contribution in [0.4, 0.5) is 4.39 Å². The molecule has 104 valence electrons. The molecule has 7 heteroatoms. The van der Waals surface area contributed by atoms with Crippen molar-refractivity contribution in [2.24, 2.45) is 5.92 Å². The van der Waals surface area contributed by atoms with Crippen LogP contribution in [0, 0.1) is 11.7 Å². The third-order valence-corrected chi connectivity index (χ3v) is 5.09. The summed E-state index contributed by atoms with van der Waals surface area (Å²) < 4.78 is 39.2. The van der Waals surface area contributed by atoms with Gasteiger partial charge in [-0.2, -0.15) is 4.31 Å². The van der Waals surface area contributed by atoms with Crippen LogP contribution in [-0.4, -0.2) is 36.9 Å². The van der Waals surface area contributed by atoms with Crippen LogP contribution < -0.4 is 0 Å². The van der Waals surface area contributed by atoms with E-state index in [1.54, 1.807) is 0 Å². The van der Waals surface area contributed by atoms with E-state index in [2.05, 4.69) is 0 Å². The van der Waals surface area contributed by atoms with Crippen molar-refractivity contribution in [3.8, 4) is 0 Å². The maximum Gasteiger partial charge on any atom is 0.307 e. The Morgan fingerprint density at radius 2 is 2.05 bits per heavy atom. The van der Waals surface area contributed by atoms with E-state index in [-0.39, 0.29) is 13.1 Å². The largest absolute Gasteiger partial charge is 0.481 e. The molecule has 1 unspecified atom stereocenters. The van der Waals surface area contributed by atoms with Gasteiger partial charge in [0.1, 0.15) is 10.7 Å². The molecule has 1 aliphatic rings. The molecule has 19 heavy (non-hydrogen) atoms. The van der Waals surface area contributed by atoms with Crippen LogP contribution >= 0.6 is 0 Å². The Labute approximate surface area is 110 Å². The summed E-state index contributed by atoms with van der Waals surface area (Å²) in [5, 5.41) is 8.95. The van der Waals surface area contributed by atoms with E-state index in [1.807, 2.05) is 0 Å². The average molecular weight is 287 g/mol. The standard InChI is InChI=1S/C12H14FNO4S/c13-10-5-1-2-6-11(10)19(17,18)14-7-3-4-9(8-14)12(15)16/h1-2,5-6,9H,3-4,7-8H2,(H,15,16). The second kappa shape index (κ2) is 5.26. The molecule has 1 N–H and O–H groups in total. The number of benzene rings is 1. The van der Waals surface area contributed by atoms with Gasteiger partial charge in [0, 0.05) is 13.1 Å². The number of nitrogens with zero attached hydrogens (tertiary/aromatic N) is 1. The molecular weight excluding hydrogens is 273 g/mol. The number of carbonyl (C=O) groups is 1. The molecule has 1 heterocycles. The Bertz CT molecular complexity index is 587. The maximum absolute atomic E-state index is 13.6. The summed E-state index contributed by atoms with van der Waals surface area (Å²) in [5.41, 5.74) is 0. The number of hydrogen-bond acceptors (Lipinski definition) is 3. The topological polar surface area (TPSA) is 74.7 Å². The normalized spacial score (nSPS) is 21.2. The maximum atomic E-state index is 13.6. The first kappa shape index (κ1) is 14.0. The zero-order chi connectivity index (χ0) is 14.0. The van der Waals surface area contributed by atoms with Gasteiger partial charge in [-0.15, -0.1) is 0 Å². The van der Waals surface area contributed by atoms with Gasteiger partial charge in [-0.25, -0.2) is 12.8 Å². The molecule has 1 fully saturated rings. The predicted molar refractivity (Wildman–Crippen MR) is 65.5 cm³/mol. The molecule has 1 aromatic rings. The van der Waals surface area contributed by atoms with E-state index >= 15 is 0 Å². The third kappa shape index (κ3) is 2.76. The Kier molecular flexibility index (Phi) is 3.86. The van der Waals surface area contributed by atoms with E-state index in [9.17, 15) is 17.6 Å². The highest BCUT2D eigenvalue weighted by Crippen LogP contribution is 2.25. The van der Waals surface area contributed by atoms with Crippen LogP contribution in [0.3, 0.4) is 0 Å². The van der Waals surface area contributed by atoms with Crippen molar-refractivity contribution in [1.29, 1.82) is 0 Å². The smallest absolute Gasteiger partial charge is 0.307 e. The molecule has 1 atom stereocenters. The third-order valence-electron chi connectivity index (χ3n) is 3.19. The zero-order valence-corrected chi connectivity index (χ0v) is 10.9. The second-order valence-electron chi connectivity index (χ2n) is 4.47. The van der Waals surface area contributed by atoms with Gasteiger partial charge in [0.25, 0.3) is 0 Å². The van der Waals surface area contributed by atoms with Crippen molar-refractivity contribution in [1.82, 2.24) is 4.31 Å². The second-order valence-corrected chi connectivity index (χ2v) is 6.38. The molecule has 1 saturated heterocycles. The fraction of sp³-hybridized carbons (Fsp3) is 0.417. The van der Waals surface area contributed by atoms with Crippen LogP contribution in [0.1, 0.15) is 12.8 Å². The SMILES string of the molecule is O=C(O)C1CCCN(S(=O)(=O)c2ccccc2F)C1. The number of carboxylic acids is 1. The van der Waals surface area contributed by atoms with E-state index in [1.165, 1.54) is 18.2 Å². The van der Waals surface area contributed by atoms with Gasteiger partial charge in [-0.05, 0) is 25.0 Å². The molecule has 2 rings (SSSR count). The van der Waals surface area contributed by atoms with Crippen LogP contribution in [0.5, 0.6) is 0 Å². The van der Waals surface area contributed by atoms with Gasteiger partial charge in [0.05, 0.1) is 5.92 Å². The average Bonchev–Trinajstić information content (AvgIpc) is 2.39. The molecule has 0 aromatic heterocycles. The molecule has 1 aromatic carbocycles. The molecule has 0 spiro atoms. The Hall–Kier alpha value is -1.47. The van der Waals surface area contributed by atoms with Crippen molar-refractivity contribution in [2.45, 2.75) is 17.7 Å². The van der Waals surface area contributed by atoms with Crippen molar-refractivity contribution in [3.63, 3.8) is 0 Å². The first-order chi connectivity index (χ1) is 8.93. The molecule has 0 saturated carbocycles. The Morgan fingerprint density at radius 1 is 1.37 bits per heavy atom. The molecule has 0 radical (unpaired) electrons. The van der Waals surface area contributed by atoms with Crippen LogP contribution in [-0.2, 0) is 14.8 Å². The number of rotatable bonds is 3. The number of aliphatic carboxylic acids is 1. The lowest BCUT2D eigenvalue weighted by molar-refractivity contribution is -0.142. The van der Waals surface area contributed by atoms with Gasteiger partial charge in [-0.1, -0.05) is 12.1 Å². The highest BCUT2D eigenvalue weighted by molar-refractivity contribution is 7.89. The first-order valence-electron chi connectivity index (χ1n) is 5.90. The summed E-state index contributed by atoms with van der Waals surface area (Å²) in [7, 11) is -3.96. The Balaban J connectivity index is 2.30. The monoisotopic (exact) mass is 287 g/mol. The molecule has 1 aliphatic heterocycles. The molecule has 0 amide bonds. The summed E-state index contributed by atoms with van der Waals surface area (Å²) >= 11 is 0. The summed E-state index contributed by atoms with van der Waals surface area (Å²) in [4.78, 5) is 10.5. The fourth-order valence-corrected chi connectivity index (χ4v) is 3.74. The van der Waals surface area contributed by atoms with Crippen LogP contribution in [0.15, 0.2) is 29.2 Å². The zero-order valence-electron chi connectivity index (χ0n) is 10.1. The lowest BCUT2D eigenvalue weighted by Gasteiger charge is -2.29. The molecule has 0 bridgehead atoms. The number of halogens is 1. The van der Waals surface area contributed by atoms with Crippen molar-refractivity contribution in [2.75, 3.05) is 13.1 Å². The van der Waals surface area contributed by atoms with Gasteiger partial charge in [-0.3, -0.25) is 4.79 Å². The highest BCUT2D eigenvalue weighted by atomic mass is 32.2. The molecular formula is C12H14FNO4S. The fourth-order valence-electron chi connectivity index (χ4n) is 2.16. The number of hydrogen-bond donors (Lipinski definition) is 1. The van der Waals surface area contributed by atoms with Gasteiger partial charge < -0.3 is 5.11 Å². The van der Waals surface area contributed by atoms with Crippen LogP contribution in [0.25, 0.3) is 0 Å². The highest BCUT2D eigenvalue weighted by Gasteiger charge is 2.34. The lowest BCUT2D eigenvalue weighted by Crippen LogP contribution is -2.42. The van der Waals surface area contributed by atoms with Crippen molar-refractivity contribution >= 4 is 16.0 Å². The summed E-state index contributed by atoms with van der Waals surface area (Å²) in [6.45, 7) is 0.118. The first-order valence-corrected chi connectivity index (χ1v) is 7.34. The molecule has 0 aliphatic carbocycles. The Morgan fingerprint density at radius 3 is 2.68 bits per heavy atom. The van der Waals surface area contributed by atoms with E-state index in [0.29, 0.717) is 12.8 Å². The minimum atomic E-state index is -3.96. The van der Waals surface area contributed by atoms with Crippen molar-refractivity contribution < 1.29 is 22.7 Å². The van der Waals surface area contributed by atoms with Crippen molar-refractivity contribution in [3.05, 3.63) is 30.1 Å². The van der Waals surface area contributed by atoms with E-state index in [0.717, 1.165) is 10.4 Å². The minimum absolute atomic E-state index is 0.105. The lowest BCUT2D eigenvalue weighted by atomic mass is 10.0. The van der Waals surface area contributed by atoms with Gasteiger partial charge >= 0.3 is 5.97 Å². The molecule has 5 nitrogen and oxygen atoms in total. The number of carboxylic acid groups (broad SMARTS) is 1. The van der Waals surface area contributed by atoms with Gasteiger partial charge in [0.2, 0.25) is 10.0 Å². The van der Waals surface area contributed by atoms with E-state index in [4.69, 9.17) is 5.11 Å². The minimum Gasteiger partial charge on any atom is -0.481 e. The summed E-state index contributed by atoms with van der Waals surface area (Å²) in [6, 6.07) is 5.11. The summed E-state index contributed by atoms with van der Waals surface area (Å²) in [5.74, 6) is -2.57.